The predicted molar refractivity (Wildman–Crippen MR) is 106 cm³/mol. The van der Waals surface area contributed by atoms with E-state index in [-0.39, 0.29) is 0 Å². The maximum Gasteiger partial charge on any atom is 0.490 e. The predicted octanol–water partition coefficient (Wildman–Crippen LogP) is 1.39. The normalized spacial score (nSPS) is 28.5. The Morgan fingerprint density at radius 2 is 1.74 bits per heavy atom. The molecule has 1 saturated heterocycles. The third kappa shape index (κ3) is 6.15. The third-order valence-corrected chi connectivity index (χ3v) is 9.25. The minimum absolute atomic E-state index is 0.317. The molecule has 2 aromatic heterocycles. The van der Waals surface area contributed by atoms with Gasteiger partial charge in [0.1, 0.15) is 23.0 Å². The Labute approximate surface area is 182 Å². The maximum atomic E-state index is 11.8. The van der Waals surface area contributed by atoms with Crippen molar-refractivity contribution in [3.8, 4) is 0 Å². The number of nitrogens with zero attached hydrogens (tertiary/aromatic N) is 1. The first-order valence-corrected chi connectivity index (χ1v) is 13.9. The van der Waals surface area contributed by atoms with Gasteiger partial charge in [-0.15, -0.1) is 11.3 Å². The van der Waals surface area contributed by atoms with Gasteiger partial charge >= 0.3 is 23.5 Å². The van der Waals surface area contributed by atoms with Crippen molar-refractivity contribution < 1.29 is 61.4 Å². The summed E-state index contributed by atoms with van der Waals surface area (Å²) < 4.78 is 53.3. The number of phosphoric ester groups is 1. The van der Waals surface area contributed by atoms with Crippen molar-refractivity contribution >= 4 is 57.1 Å². The number of aliphatic hydroxyl groups excluding tert-OH is 2. The van der Waals surface area contributed by atoms with Crippen LogP contribution in [0.15, 0.2) is 23.7 Å². The Morgan fingerprint density at radius 3 is 2.39 bits per heavy atom. The lowest BCUT2D eigenvalue weighted by Crippen LogP contribution is -2.33. The van der Waals surface area contributed by atoms with Gasteiger partial charge in [0.05, 0.1) is 11.3 Å². The minimum atomic E-state index is -5.68. The molecule has 0 saturated carbocycles. The molecule has 6 N–H and O–H groups in total. The van der Waals surface area contributed by atoms with Gasteiger partial charge in [-0.2, -0.15) is 8.62 Å². The number of fused-ring (bicyclic) bond motifs is 1. The van der Waals surface area contributed by atoms with Crippen LogP contribution in [-0.2, 0) is 31.6 Å². The highest BCUT2D eigenvalue weighted by molar-refractivity contribution is 7.71. The largest absolute Gasteiger partial charge is 0.490 e. The molecule has 1 aliphatic rings. The Kier molecular flexibility index (Phi) is 7.42. The zero-order chi connectivity index (χ0) is 23.2. The molecule has 3 unspecified atom stereocenters. The van der Waals surface area contributed by atoms with Gasteiger partial charge in [-0.3, -0.25) is 4.52 Å². The van der Waals surface area contributed by atoms with Gasteiger partial charge in [0.25, 0.3) is 0 Å². The summed E-state index contributed by atoms with van der Waals surface area (Å²) >= 11 is 6.73. The molecule has 0 bridgehead atoms. The van der Waals surface area contributed by atoms with Gasteiger partial charge in [-0.05, 0) is 22.9 Å². The maximum absolute atomic E-state index is 11.8. The summed E-state index contributed by atoms with van der Waals surface area (Å²) in [7, 11) is -16.6. The van der Waals surface area contributed by atoms with Crippen molar-refractivity contribution in [2.75, 3.05) is 6.61 Å². The molecule has 31 heavy (non-hydrogen) atoms. The van der Waals surface area contributed by atoms with Crippen LogP contribution in [0.25, 0.3) is 10.1 Å². The molecule has 0 aromatic carbocycles. The first kappa shape index (κ1) is 25.2. The molecule has 19 heteroatoms. The summed E-state index contributed by atoms with van der Waals surface area (Å²) in [4.78, 5) is 35.6. The standard InChI is InChI=1S/C12H16NO13P3S2/c14-8-7(5-23-28(19,20)26-29(21,22)25-27(16,17)18)24-11(9(8)15)13-3-1-6-2-4-31-10(6)12(13)30/h1-4,7-9,11,14-15H,5H2,(H,19,20)(H,21,22)(H2,16,17,18)/t7-,8?,9+,11-/m1/s1. The van der Waals surface area contributed by atoms with Crippen LogP contribution in [0.1, 0.15) is 6.23 Å². The fraction of sp³-hybridized carbons (Fsp3) is 0.417. The average molecular weight is 539 g/mol. The summed E-state index contributed by atoms with van der Waals surface area (Å²) in [6, 6.07) is 3.55. The van der Waals surface area contributed by atoms with Crippen molar-refractivity contribution in [2.24, 2.45) is 0 Å². The summed E-state index contributed by atoms with van der Waals surface area (Å²) in [5.41, 5.74) is 0. The number of pyridine rings is 1. The molecule has 174 valence electrons. The molecular weight excluding hydrogens is 523 g/mol. The molecule has 2 aromatic rings. The molecule has 0 amide bonds. The van der Waals surface area contributed by atoms with E-state index in [1.165, 1.54) is 22.1 Å². The highest BCUT2D eigenvalue weighted by Crippen LogP contribution is 2.66. The van der Waals surface area contributed by atoms with Crippen LogP contribution in [0.3, 0.4) is 0 Å². The van der Waals surface area contributed by atoms with Crippen molar-refractivity contribution in [1.29, 1.82) is 0 Å². The van der Waals surface area contributed by atoms with E-state index in [1.54, 1.807) is 6.07 Å². The number of hydrogen-bond donors (Lipinski definition) is 6. The molecule has 0 radical (unpaired) electrons. The Bertz CT molecular complexity index is 1160. The Hall–Kier alpha value is -0.380. The van der Waals surface area contributed by atoms with Crippen molar-refractivity contribution in [3.05, 3.63) is 28.4 Å². The van der Waals surface area contributed by atoms with E-state index in [9.17, 15) is 28.8 Å². The van der Waals surface area contributed by atoms with Gasteiger partial charge in [0.15, 0.2) is 6.23 Å². The second-order valence-electron chi connectivity index (χ2n) is 6.17. The number of aliphatic hydroxyl groups is 2. The van der Waals surface area contributed by atoms with E-state index >= 15 is 0 Å². The summed E-state index contributed by atoms with van der Waals surface area (Å²) in [5.74, 6) is 0. The molecule has 1 aliphatic heterocycles. The Morgan fingerprint density at radius 1 is 1.06 bits per heavy atom. The SMILES string of the molecule is O=P(O)(O)OP(=O)(O)OP(=O)(O)OC[C@H]1O[C@@H](n2ccc3ccsc3c2=S)[C@@H](O)C1O. The van der Waals surface area contributed by atoms with Crippen LogP contribution < -0.4 is 0 Å². The quantitative estimate of drug-likeness (QED) is 0.207. The van der Waals surface area contributed by atoms with Crippen LogP contribution in [-0.4, -0.2) is 59.3 Å². The van der Waals surface area contributed by atoms with Crippen LogP contribution in [0.5, 0.6) is 0 Å². The molecule has 3 rings (SSSR count). The number of hydrogen-bond acceptors (Lipinski definition) is 11. The molecule has 6 atom stereocenters. The first-order valence-electron chi connectivity index (χ1n) is 8.07. The lowest BCUT2D eigenvalue weighted by atomic mass is 10.1. The second kappa shape index (κ2) is 9.11. The van der Waals surface area contributed by atoms with Crippen LogP contribution in [0, 0.1) is 4.64 Å². The second-order valence-corrected chi connectivity index (χ2v) is 11.9. The highest BCUT2D eigenvalue weighted by atomic mass is 32.1. The van der Waals surface area contributed by atoms with Gasteiger partial charge in [0.2, 0.25) is 0 Å². The monoisotopic (exact) mass is 539 g/mol. The molecule has 3 heterocycles. The summed E-state index contributed by atoms with van der Waals surface area (Å²) in [5, 5.41) is 23.2. The van der Waals surface area contributed by atoms with Crippen molar-refractivity contribution in [3.63, 3.8) is 0 Å². The first-order chi connectivity index (χ1) is 14.2. The van der Waals surface area contributed by atoms with E-state index in [0.717, 1.165) is 10.1 Å². The van der Waals surface area contributed by atoms with E-state index in [1.807, 2.05) is 11.4 Å². The number of phosphoric acid groups is 3. The number of thiophene rings is 1. The third-order valence-electron chi connectivity index (χ3n) is 3.97. The van der Waals surface area contributed by atoms with E-state index in [2.05, 4.69) is 13.1 Å². The van der Waals surface area contributed by atoms with Crippen LogP contribution in [0.2, 0.25) is 0 Å². The molecule has 0 aliphatic carbocycles. The fourth-order valence-corrected chi connectivity index (χ4v) is 7.02. The fourth-order valence-electron chi connectivity index (χ4n) is 2.74. The highest BCUT2D eigenvalue weighted by Gasteiger charge is 2.46. The smallest absolute Gasteiger partial charge is 0.387 e. The zero-order valence-electron chi connectivity index (χ0n) is 15.0. The van der Waals surface area contributed by atoms with Gasteiger partial charge in [-0.25, -0.2) is 13.7 Å². The van der Waals surface area contributed by atoms with Crippen molar-refractivity contribution in [1.82, 2.24) is 4.57 Å². The van der Waals surface area contributed by atoms with Gasteiger partial charge < -0.3 is 39.1 Å². The van der Waals surface area contributed by atoms with Gasteiger partial charge in [0, 0.05) is 6.20 Å². The zero-order valence-corrected chi connectivity index (χ0v) is 19.3. The average Bonchev–Trinajstić information content (AvgIpc) is 3.17. The number of rotatable bonds is 8. The Balaban J connectivity index is 1.69. The summed E-state index contributed by atoms with van der Waals surface area (Å²) in [6.07, 6.45) is -4.17. The molecule has 0 spiro atoms. The van der Waals surface area contributed by atoms with E-state index in [4.69, 9.17) is 31.6 Å². The molecular formula is C12H16NO13P3S2. The number of ether oxygens (including phenoxy) is 1. The molecule has 14 nitrogen and oxygen atoms in total. The topological polar surface area (TPSA) is 214 Å². The van der Waals surface area contributed by atoms with E-state index < -0.39 is 54.6 Å². The number of aromatic nitrogens is 1. The van der Waals surface area contributed by atoms with Crippen molar-refractivity contribution in [2.45, 2.75) is 24.5 Å². The van der Waals surface area contributed by atoms with Gasteiger partial charge in [-0.1, -0.05) is 12.2 Å². The van der Waals surface area contributed by atoms with Crippen LogP contribution >= 0.6 is 47.0 Å². The lowest BCUT2D eigenvalue weighted by Gasteiger charge is -2.19. The lowest BCUT2D eigenvalue weighted by molar-refractivity contribution is -0.0525. The minimum Gasteiger partial charge on any atom is -0.387 e. The molecule has 1 fully saturated rings. The van der Waals surface area contributed by atoms with E-state index in [0.29, 0.717) is 4.64 Å². The summed E-state index contributed by atoms with van der Waals surface area (Å²) in [6.45, 7) is -0.910. The van der Waals surface area contributed by atoms with Crippen LogP contribution in [0.4, 0.5) is 0 Å².